The van der Waals surface area contributed by atoms with E-state index in [1.165, 1.54) is 42.6 Å². The molecule has 3 amide bonds. The molecule has 1 atom stereocenters. The van der Waals surface area contributed by atoms with Gasteiger partial charge in [-0.15, -0.1) is 0 Å². The van der Waals surface area contributed by atoms with Crippen LogP contribution >= 0.6 is 23.2 Å². The summed E-state index contributed by atoms with van der Waals surface area (Å²) in [4.78, 5) is 47.1. The molecular weight excluding hydrogens is 587 g/mol. The molecule has 1 aliphatic heterocycles. The van der Waals surface area contributed by atoms with Crippen molar-refractivity contribution in [1.82, 2.24) is 19.5 Å². The average Bonchev–Trinajstić information content (AvgIpc) is 3.14. The first-order chi connectivity index (χ1) is 19.5. The van der Waals surface area contributed by atoms with Crippen LogP contribution in [0.2, 0.25) is 10.0 Å². The van der Waals surface area contributed by atoms with E-state index in [1.54, 1.807) is 18.2 Å². The number of anilines is 2. The Morgan fingerprint density at radius 2 is 1.66 bits per heavy atom. The SMILES string of the molecule is C=S(=O)(NC(=O)CN1CCCN(C)CC1)c1ccc(C(=O)Nc2ccc(Cl)cc2C(=O)Nc2ccc(Cl)cn2)cc1. The zero-order valence-electron chi connectivity index (χ0n) is 22.4. The lowest BCUT2D eigenvalue weighted by molar-refractivity contribution is -0.120. The number of nitrogens with one attached hydrogen (secondary N) is 3. The molecule has 0 radical (unpaired) electrons. The molecule has 1 aliphatic rings. The molecule has 1 aromatic heterocycles. The Balaban J connectivity index is 1.41. The number of amides is 3. The minimum absolute atomic E-state index is 0.124. The zero-order valence-corrected chi connectivity index (χ0v) is 24.7. The number of carbonyl (C=O) groups is 3. The number of nitrogens with zero attached hydrogens (tertiary/aromatic N) is 3. The quantitative estimate of drug-likeness (QED) is 0.330. The monoisotopic (exact) mass is 616 g/mol. The molecule has 10 nitrogen and oxygen atoms in total. The molecule has 0 bridgehead atoms. The van der Waals surface area contributed by atoms with E-state index in [0.29, 0.717) is 10.0 Å². The maximum Gasteiger partial charge on any atom is 0.258 e. The highest BCUT2D eigenvalue weighted by Crippen LogP contribution is 2.23. The van der Waals surface area contributed by atoms with E-state index in [-0.39, 0.29) is 40.0 Å². The lowest BCUT2D eigenvalue weighted by atomic mass is 10.1. The number of carbonyl (C=O) groups excluding carboxylic acids is 3. The minimum atomic E-state index is -3.14. The van der Waals surface area contributed by atoms with Crippen molar-refractivity contribution < 1.29 is 18.6 Å². The van der Waals surface area contributed by atoms with Crippen molar-refractivity contribution >= 4 is 68.0 Å². The number of benzene rings is 2. The van der Waals surface area contributed by atoms with Gasteiger partial charge < -0.3 is 15.5 Å². The van der Waals surface area contributed by atoms with Gasteiger partial charge in [-0.25, -0.2) is 9.19 Å². The lowest BCUT2D eigenvalue weighted by Crippen LogP contribution is -2.41. The van der Waals surface area contributed by atoms with Crippen LogP contribution in [-0.4, -0.2) is 82.4 Å². The Labute approximate surface area is 249 Å². The van der Waals surface area contributed by atoms with E-state index in [9.17, 15) is 18.6 Å². The summed E-state index contributed by atoms with van der Waals surface area (Å²) in [6, 6.07) is 13.5. The standard InChI is InChI=1S/C28H30Cl2N6O4S/c1-35-12-3-13-36(15-14-35)18-26(37)34-41(2,40)22-8-4-19(5-9-22)27(38)32-24-10-6-20(29)16-23(24)28(39)33-25-11-7-21(30)17-31-25/h4-11,16-17H,2-3,12-15,18H2,1H3,(H,32,38)(H,31,33,39)(H,34,37,40). The van der Waals surface area contributed by atoms with Crippen LogP contribution in [0.5, 0.6) is 0 Å². The fourth-order valence-corrected chi connectivity index (χ4v) is 5.61. The summed E-state index contributed by atoms with van der Waals surface area (Å²) in [5, 5.41) is 6.07. The maximum atomic E-state index is 13.2. The second-order valence-corrected chi connectivity index (χ2v) is 12.5. The highest BCUT2D eigenvalue weighted by atomic mass is 35.5. The Kier molecular flexibility index (Phi) is 10.0. The molecule has 0 aliphatic carbocycles. The second-order valence-electron chi connectivity index (χ2n) is 9.62. The van der Waals surface area contributed by atoms with Gasteiger partial charge in [-0.3, -0.25) is 24.0 Å². The molecule has 216 valence electrons. The maximum absolute atomic E-state index is 13.2. The number of halogens is 2. The summed E-state index contributed by atoms with van der Waals surface area (Å²) in [7, 11) is -1.09. The smallest absolute Gasteiger partial charge is 0.258 e. The topological polar surface area (TPSA) is 124 Å². The van der Waals surface area contributed by atoms with E-state index in [1.807, 2.05) is 11.9 Å². The molecule has 3 N–H and O–H groups in total. The lowest BCUT2D eigenvalue weighted by Gasteiger charge is -2.20. The number of hydrogen-bond acceptors (Lipinski definition) is 7. The predicted molar refractivity (Wildman–Crippen MR) is 163 cm³/mol. The van der Waals surface area contributed by atoms with Crippen molar-refractivity contribution in [2.45, 2.75) is 11.3 Å². The van der Waals surface area contributed by atoms with E-state index >= 15 is 0 Å². The molecule has 1 saturated heterocycles. The van der Waals surface area contributed by atoms with Crippen LogP contribution in [0.15, 0.2) is 65.7 Å². The van der Waals surface area contributed by atoms with Crippen LogP contribution in [0, 0.1) is 0 Å². The zero-order chi connectivity index (χ0) is 29.6. The fraction of sp³-hybridized carbons (Fsp3) is 0.250. The van der Waals surface area contributed by atoms with E-state index < -0.39 is 21.5 Å². The second kappa shape index (κ2) is 13.5. The Morgan fingerprint density at radius 3 is 2.37 bits per heavy atom. The Hall–Kier alpha value is -3.48. The first-order valence-electron chi connectivity index (χ1n) is 12.7. The van der Waals surface area contributed by atoms with Gasteiger partial charge in [0, 0.05) is 34.8 Å². The summed E-state index contributed by atoms with van der Waals surface area (Å²) in [5.41, 5.74) is 0.589. The van der Waals surface area contributed by atoms with Crippen molar-refractivity contribution in [1.29, 1.82) is 0 Å². The van der Waals surface area contributed by atoms with Gasteiger partial charge in [-0.2, -0.15) is 0 Å². The van der Waals surface area contributed by atoms with Gasteiger partial charge in [0.15, 0.2) is 0 Å². The Bertz CT molecular complexity index is 1530. The van der Waals surface area contributed by atoms with E-state index in [2.05, 4.69) is 31.1 Å². The average molecular weight is 618 g/mol. The third-order valence-electron chi connectivity index (χ3n) is 6.40. The first-order valence-corrected chi connectivity index (χ1v) is 15.2. The highest BCUT2D eigenvalue weighted by molar-refractivity contribution is 7.99. The van der Waals surface area contributed by atoms with Crippen molar-refractivity contribution in [3.63, 3.8) is 0 Å². The van der Waals surface area contributed by atoms with Crippen molar-refractivity contribution in [3.8, 4) is 0 Å². The highest BCUT2D eigenvalue weighted by Gasteiger charge is 2.19. The van der Waals surface area contributed by atoms with Crippen LogP contribution in [0.3, 0.4) is 0 Å². The normalized spacial score (nSPS) is 15.8. The van der Waals surface area contributed by atoms with Gasteiger partial charge in [0.2, 0.25) is 5.91 Å². The number of aromatic nitrogens is 1. The summed E-state index contributed by atoms with van der Waals surface area (Å²) >= 11 is 12.0. The summed E-state index contributed by atoms with van der Waals surface area (Å²) in [6.45, 7) is 3.50. The molecule has 3 aromatic rings. The molecule has 13 heteroatoms. The number of pyridine rings is 1. The van der Waals surface area contributed by atoms with Crippen LogP contribution < -0.4 is 15.4 Å². The van der Waals surface area contributed by atoms with Crippen molar-refractivity contribution in [2.24, 2.45) is 0 Å². The summed E-state index contributed by atoms with van der Waals surface area (Å²) in [6.07, 6.45) is 2.35. The number of rotatable bonds is 8. The van der Waals surface area contributed by atoms with Crippen LogP contribution in [0.1, 0.15) is 27.1 Å². The minimum Gasteiger partial charge on any atom is -0.321 e. The molecule has 1 unspecified atom stereocenters. The first kappa shape index (κ1) is 30.5. The molecule has 41 heavy (non-hydrogen) atoms. The van der Waals surface area contributed by atoms with Gasteiger partial charge in [0.25, 0.3) is 11.8 Å². The van der Waals surface area contributed by atoms with Crippen molar-refractivity contribution in [3.05, 3.63) is 82.0 Å². The number of hydrogen-bond donors (Lipinski definition) is 3. The molecule has 2 heterocycles. The third-order valence-corrected chi connectivity index (χ3v) is 8.45. The van der Waals surface area contributed by atoms with E-state index in [4.69, 9.17) is 23.2 Å². The predicted octanol–water partition coefficient (Wildman–Crippen LogP) is 3.64. The van der Waals surface area contributed by atoms with Crippen LogP contribution in [-0.2, 0) is 14.5 Å². The molecule has 0 saturated carbocycles. The van der Waals surface area contributed by atoms with Gasteiger partial charge in [-0.05, 0) is 87.0 Å². The van der Waals surface area contributed by atoms with Gasteiger partial charge in [-0.1, -0.05) is 23.2 Å². The molecule has 0 spiro atoms. The molecule has 1 fully saturated rings. The van der Waals surface area contributed by atoms with Gasteiger partial charge >= 0.3 is 0 Å². The van der Waals surface area contributed by atoms with Gasteiger partial charge in [0.1, 0.15) is 5.82 Å². The molecule has 2 aromatic carbocycles. The third kappa shape index (κ3) is 8.51. The van der Waals surface area contributed by atoms with E-state index in [0.717, 1.165) is 32.6 Å². The fourth-order valence-electron chi connectivity index (χ4n) is 4.20. The molecular formula is C28H30Cl2N6O4S. The summed E-state index contributed by atoms with van der Waals surface area (Å²) in [5.74, 6) is 2.58. The van der Waals surface area contributed by atoms with Crippen LogP contribution in [0.25, 0.3) is 0 Å². The van der Waals surface area contributed by atoms with Crippen molar-refractivity contribution in [2.75, 3.05) is 50.4 Å². The van der Waals surface area contributed by atoms with Gasteiger partial charge in [0.05, 0.1) is 32.5 Å². The largest absolute Gasteiger partial charge is 0.321 e. The molecule has 4 rings (SSSR count). The van der Waals surface area contributed by atoms with Crippen LogP contribution in [0.4, 0.5) is 11.5 Å². The number of likely N-dealkylation sites (N-methyl/N-ethyl adjacent to an activating group) is 1. The summed E-state index contributed by atoms with van der Waals surface area (Å²) < 4.78 is 15.8. The Morgan fingerprint density at radius 1 is 0.927 bits per heavy atom.